The molecule has 0 aromatic heterocycles. The highest BCUT2D eigenvalue weighted by Gasteiger charge is 2.16. The molecule has 0 aromatic rings. The molecule has 0 aliphatic heterocycles. The van der Waals surface area contributed by atoms with Gasteiger partial charge in [-0.25, -0.2) is 0 Å². The predicted molar refractivity (Wildman–Crippen MR) is 84.6 cm³/mol. The largest absolute Gasteiger partial charge is 0.383 e. The highest BCUT2D eigenvalue weighted by atomic mass is 27.2. The molecule has 0 atom stereocenters. The van der Waals surface area contributed by atoms with E-state index >= 15 is 0 Å². The average Bonchev–Trinajstić information content (AvgIpc) is 2.37. The SMILES string of the molecule is CCN(CC)CC[N](CCN(CC)CC)[Al]([CH3])[CH3]. The molecule has 0 aromatic carbocycles. The van der Waals surface area contributed by atoms with E-state index < -0.39 is 14.4 Å². The first-order valence-corrected chi connectivity index (χ1v) is 10.6. The van der Waals surface area contributed by atoms with Crippen molar-refractivity contribution >= 4 is 14.4 Å². The van der Waals surface area contributed by atoms with Gasteiger partial charge in [0.25, 0.3) is 0 Å². The molecule has 0 bridgehead atoms. The van der Waals surface area contributed by atoms with Crippen molar-refractivity contribution in [3.8, 4) is 0 Å². The summed E-state index contributed by atoms with van der Waals surface area (Å²) in [6, 6.07) is 0. The van der Waals surface area contributed by atoms with Crippen molar-refractivity contribution in [3.63, 3.8) is 0 Å². The minimum atomic E-state index is -0.667. The molecule has 0 fully saturated rings. The summed E-state index contributed by atoms with van der Waals surface area (Å²) in [4.78, 5) is 5.06. The lowest BCUT2D eigenvalue weighted by molar-refractivity contribution is 0.241. The van der Waals surface area contributed by atoms with E-state index in [1.165, 1.54) is 52.4 Å². The molecule has 0 heterocycles. The summed E-state index contributed by atoms with van der Waals surface area (Å²) in [6.45, 7) is 18.7. The molecule has 0 saturated carbocycles. The fraction of sp³-hybridized carbons (Fsp3) is 1.00. The van der Waals surface area contributed by atoms with Crippen LogP contribution in [0.15, 0.2) is 0 Å². The lowest BCUT2D eigenvalue weighted by Gasteiger charge is -2.30. The van der Waals surface area contributed by atoms with E-state index in [4.69, 9.17) is 0 Å². The first kappa shape index (κ1) is 18.4. The smallest absolute Gasteiger partial charge is 0.366 e. The summed E-state index contributed by atoms with van der Waals surface area (Å²) in [6.07, 6.45) is 0. The molecular weight excluding hydrogens is 237 g/mol. The summed E-state index contributed by atoms with van der Waals surface area (Å²) < 4.78 is 2.75. The van der Waals surface area contributed by atoms with E-state index in [2.05, 4.69) is 52.9 Å². The van der Waals surface area contributed by atoms with Crippen LogP contribution in [0.25, 0.3) is 0 Å². The molecule has 0 rings (SSSR count). The maximum atomic E-state index is 2.75. The van der Waals surface area contributed by atoms with Crippen LogP contribution in [-0.2, 0) is 0 Å². The standard InChI is InChI=1S/C12H28N3.2CH3.Al/c1-5-14(6-2)11-9-13-10-12-15(7-3)8-4;;;/h5-12H2,1-4H3;2*1H3;/q-1;;;+1. The van der Waals surface area contributed by atoms with Gasteiger partial charge in [0.2, 0.25) is 0 Å². The Morgan fingerprint density at radius 1 is 0.611 bits per heavy atom. The molecule has 4 heteroatoms. The van der Waals surface area contributed by atoms with Crippen molar-refractivity contribution in [2.45, 2.75) is 39.3 Å². The quantitative estimate of drug-likeness (QED) is 0.534. The van der Waals surface area contributed by atoms with Crippen LogP contribution in [0.4, 0.5) is 0 Å². The lowest BCUT2D eigenvalue weighted by atomic mass is 10.4. The Morgan fingerprint density at radius 2 is 0.944 bits per heavy atom. The van der Waals surface area contributed by atoms with Crippen molar-refractivity contribution < 1.29 is 0 Å². The molecule has 0 aliphatic carbocycles. The van der Waals surface area contributed by atoms with Crippen LogP contribution in [0.5, 0.6) is 0 Å². The number of hydrogen-bond acceptors (Lipinski definition) is 3. The number of rotatable bonds is 11. The summed E-state index contributed by atoms with van der Waals surface area (Å²) in [7, 11) is 0. The normalized spacial score (nSPS) is 11.8. The Hall–Kier alpha value is 0.412. The van der Waals surface area contributed by atoms with Crippen molar-refractivity contribution in [3.05, 3.63) is 0 Å². The number of likely N-dealkylation sites (N-methyl/N-ethyl adjacent to an activating group) is 2. The average molecular weight is 271 g/mol. The van der Waals surface area contributed by atoms with Crippen LogP contribution in [0.3, 0.4) is 0 Å². The van der Waals surface area contributed by atoms with Crippen LogP contribution in [-0.4, -0.2) is 80.4 Å². The van der Waals surface area contributed by atoms with Crippen LogP contribution in [0.2, 0.25) is 11.6 Å². The van der Waals surface area contributed by atoms with Crippen LogP contribution >= 0.6 is 0 Å². The van der Waals surface area contributed by atoms with Crippen molar-refractivity contribution in [1.29, 1.82) is 0 Å². The van der Waals surface area contributed by atoms with Crippen molar-refractivity contribution in [1.82, 2.24) is 13.7 Å². The first-order valence-electron chi connectivity index (χ1n) is 7.77. The van der Waals surface area contributed by atoms with Gasteiger partial charge in [-0.05, 0) is 39.3 Å². The molecule has 0 saturated heterocycles. The molecule has 0 amide bonds. The molecule has 0 N–H and O–H groups in total. The first-order chi connectivity index (χ1) is 8.58. The third-order valence-corrected chi connectivity index (χ3v) is 5.90. The molecule has 0 aliphatic rings. The zero-order valence-corrected chi connectivity index (χ0v) is 14.7. The summed E-state index contributed by atoms with van der Waals surface area (Å²) in [5.41, 5.74) is 0. The van der Waals surface area contributed by atoms with Gasteiger partial charge in [-0.15, -0.1) is 0 Å². The van der Waals surface area contributed by atoms with Gasteiger partial charge < -0.3 is 13.7 Å². The van der Waals surface area contributed by atoms with E-state index in [0.29, 0.717) is 0 Å². The van der Waals surface area contributed by atoms with Gasteiger partial charge in [0, 0.05) is 13.1 Å². The second-order valence-electron chi connectivity index (χ2n) is 5.18. The Balaban J connectivity index is 4.06. The maximum Gasteiger partial charge on any atom is 0.366 e. The minimum absolute atomic E-state index is 0.667. The van der Waals surface area contributed by atoms with Gasteiger partial charge in [0.1, 0.15) is 0 Å². The Bertz CT molecular complexity index is 164. The molecular formula is C14H34AlN3. The Kier molecular flexibility index (Phi) is 11.5. The fourth-order valence-corrected chi connectivity index (χ4v) is 3.51. The van der Waals surface area contributed by atoms with E-state index in [0.717, 1.165) is 0 Å². The van der Waals surface area contributed by atoms with Crippen LogP contribution in [0.1, 0.15) is 27.7 Å². The summed E-state index contributed by atoms with van der Waals surface area (Å²) in [5, 5.41) is 0. The topological polar surface area (TPSA) is 9.72 Å². The van der Waals surface area contributed by atoms with E-state index in [1.54, 1.807) is 0 Å². The Labute approximate surface area is 120 Å². The second-order valence-corrected chi connectivity index (χ2v) is 8.10. The van der Waals surface area contributed by atoms with E-state index in [1.807, 2.05) is 0 Å². The molecule has 0 spiro atoms. The summed E-state index contributed by atoms with van der Waals surface area (Å²) >= 11 is -0.667. The molecule has 108 valence electrons. The highest BCUT2D eigenvalue weighted by Crippen LogP contribution is 1.98. The van der Waals surface area contributed by atoms with Gasteiger partial charge in [-0.1, -0.05) is 39.3 Å². The zero-order chi connectivity index (χ0) is 14.0. The number of nitrogens with zero attached hydrogens (tertiary/aromatic N) is 3. The molecule has 18 heavy (non-hydrogen) atoms. The van der Waals surface area contributed by atoms with Gasteiger partial charge in [0.15, 0.2) is 0 Å². The monoisotopic (exact) mass is 271 g/mol. The van der Waals surface area contributed by atoms with Gasteiger partial charge in [-0.3, -0.25) is 0 Å². The minimum Gasteiger partial charge on any atom is -0.383 e. The van der Waals surface area contributed by atoms with Gasteiger partial charge in [0.05, 0.1) is 0 Å². The zero-order valence-electron chi connectivity index (χ0n) is 13.6. The van der Waals surface area contributed by atoms with E-state index in [9.17, 15) is 0 Å². The summed E-state index contributed by atoms with van der Waals surface area (Å²) in [5.74, 6) is 4.90. The lowest BCUT2D eigenvalue weighted by Crippen LogP contribution is -2.44. The van der Waals surface area contributed by atoms with Gasteiger partial charge >= 0.3 is 14.4 Å². The van der Waals surface area contributed by atoms with E-state index in [-0.39, 0.29) is 0 Å². The van der Waals surface area contributed by atoms with Crippen molar-refractivity contribution in [2.75, 3.05) is 52.4 Å². The third-order valence-electron chi connectivity index (χ3n) is 3.93. The van der Waals surface area contributed by atoms with Crippen LogP contribution < -0.4 is 0 Å². The highest BCUT2D eigenvalue weighted by molar-refractivity contribution is 6.52. The van der Waals surface area contributed by atoms with Crippen molar-refractivity contribution in [2.24, 2.45) is 0 Å². The molecule has 3 nitrogen and oxygen atoms in total. The number of hydrogen-bond donors (Lipinski definition) is 0. The van der Waals surface area contributed by atoms with Gasteiger partial charge in [-0.2, -0.15) is 0 Å². The molecule has 0 unspecified atom stereocenters. The predicted octanol–water partition coefficient (Wildman–Crippen LogP) is 2.22. The Morgan fingerprint density at radius 3 is 1.17 bits per heavy atom. The fourth-order valence-electron chi connectivity index (χ4n) is 2.25. The maximum absolute atomic E-state index is 2.75. The molecule has 0 radical (unpaired) electrons. The van der Waals surface area contributed by atoms with Crippen LogP contribution in [0, 0.1) is 0 Å². The third kappa shape index (κ3) is 7.76. The second kappa shape index (κ2) is 11.3.